The van der Waals surface area contributed by atoms with Crippen LogP contribution in [0.2, 0.25) is 5.02 Å². The van der Waals surface area contributed by atoms with Crippen molar-refractivity contribution in [2.24, 2.45) is 5.92 Å². The molecule has 3 nitrogen and oxygen atoms in total. The minimum atomic E-state index is 0.551. The maximum absolute atomic E-state index is 6.02. The van der Waals surface area contributed by atoms with Gasteiger partial charge in [0.15, 0.2) is 0 Å². The molecule has 1 unspecified atom stereocenters. The van der Waals surface area contributed by atoms with Crippen molar-refractivity contribution in [2.75, 3.05) is 40.5 Å². The van der Waals surface area contributed by atoms with Crippen molar-refractivity contribution in [1.29, 1.82) is 0 Å². The average molecular weight is 286 g/mol. The number of benzene rings is 1. The smallest absolute Gasteiger partial charge is 0.0587 e. The molecule has 0 amide bonds. The van der Waals surface area contributed by atoms with Gasteiger partial charge in [-0.05, 0) is 43.0 Å². The van der Waals surface area contributed by atoms with E-state index in [4.69, 9.17) is 21.1 Å². The second kappa shape index (κ2) is 10.2. The molecule has 1 N–H and O–H groups in total. The van der Waals surface area contributed by atoms with Crippen molar-refractivity contribution in [2.45, 2.75) is 12.8 Å². The zero-order chi connectivity index (χ0) is 13.9. The van der Waals surface area contributed by atoms with Crippen LogP contribution < -0.4 is 5.32 Å². The van der Waals surface area contributed by atoms with Crippen molar-refractivity contribution in [1.82, 2.24) is 5.32 Å². The van der Waals surface area contributed by atoms with Crippen molar-refractivity contribution < 1.29 is 9.47 Å². The largest absolute Gasteiger partial charge is 0.385 e. The Balaban J connectivity index is 2.43. The highest BCUT2D eigenvalue weighted by Crippen LogP contribution is 2.16. The van der Waals surface area contributed by atoms with Gasteiger partial charge in [-0.25, -0.2) is 0 Å². The van der Waals surface area contributed by atoms with Crippen LogP contribution in [0.25, 0.3) is 0 Å². The van der Waals surface area contributed by atoms with Crippen molar-refractivity contribution in [3.05, 3.63) is 34.9 Å². The minimum Gasteiger partial charge on any atom is -0.385 e. The lowest BCUT2D eigenvalue weighted by Crippen LogP contribution is -2.28. The molecule has 0 saturated carbocycles. The molecule has 0 heterocycles. The molecule has 108 valence electrons. The zero-order valence-electron chi connectivity index (χ0n) is 11.8. The van der Waals surface area contributed by atoms with Crippen LogP contribution in [0.4, 0.5) is 0 Å². The number of methoxy groups -OCH3 is 2. The molecule has 0 aliphatic heterocycles. The number of hydrogen-bond acceptors (Lipinski definition) is 3. The van der Waals surface area contributed by atoms with Gasteiger partial charge in [0, 0.05) is 32.4 Å². The summed E-state index contributed by atoms with van der Waals surface area (Å²) >= 11 is 6.02. The van der Waals surface area contributed by atoms with Gasteiger partial charge in [0.2, 0.25) is 0 Å². The molecule has 19 heavy (non-hydrogen) atoms. The Kier molecular flexibility index (Phi) is 8.84. The topological polar surface area (TPSA) is 30.5 Å². The van der Waals surface area contributed by atoms with E-state index in [0.717, 1.165) is 44.2 Å². The first-order chi connectivity index (χ1) is 9.26. The van der Waals surface area contributed by atoms with Crippen LogP contribution in [-0.4, -0.2) is 40.5 Å². The Morgan fingerprint density at radius 2 is 2.00 bits per heavy atom. The molecule has 1 aromatic carbocycles. The molecular formula is C15H24ClNO2. The number of hydrogen-bond donors (Lipinski definition) is 1. The highest BCUT2D eigenvalue weighted by molar-refractivity contribution is 6.30. The summed E-state index contributed by atoms with van der Waals surface area (Å²) in [5.74, 6) is 0.551. The normalized spacial score (nSPS) is 12.6. The summed E-state index contributed by atoms with van der Waals surface area (Å²) in [5, 5.41) is 4.22. The second-order valence-electron chi connectivity index (χ2n) is 4.68. The molecule has 0 bridgehead atoms. The van der Waals surface area contributed by atoms with E-state index in [-0.39, 0.29) is 0 Å². The summed E-state index contributed by atoms with van der Waals surface area (Å²) in [6.07, 6.45) is 2.06. The van der Waals surface area contributed by atoms with E-state index in [1.165, 1.54) is 5.56 Å². The van der Waals surface area contributed by atoms with Crippen LogP contribution >= 0.6 is 11.6 Å². The van der Waals surface area contributed by atoms with Crippen LogP contribution in [0.5, 0.6) is 0 Å². The first-order valence-corrected chi connectivity index (χ1v) is 7.07. The molecule has 4 heteroatoms. The third-order valence-corrected chi connectivity index (χ3v) is 3.29. The first kappa shape index (κ1) is 16.4. The summed E-state index contributed by atoms with van der Waals surface area (Å²) in [6, 6.07) is 8.08. The lowest BCUT2D eigenvalue weighted by molar-refractivity contribution is 0.172. The predicted molar refractivity (Wildman–Crippen MR) is 79.9 cm³/mol. The number of halogens is 1. The molecular weight excluding hydrogens is 262 g/mol. The number of nitrogens with one attached hydrogen (secondary N) is 1. The van der Waals surface area contributed by atoms with E-state index in [9.17, 15) is 0 Å². The molecule has 0 spiro atoms. The lowest BCUT2D eigenvalue weighted by atomic mass is 9.96. The summed E-state index contributed by atoms with van der Waals surface area (Å²) in [5.41, 5.74) is 1.28. The summed E-state index contributed by atoms with van der Waals surface area (Å²) in [4.78, 5) is 0. The fraction of sp³-hybridized carbons (Fsp3) is 0.600. The van der Waals surface area contributed by atoms with Crippen molar-refractivity contribution in [3.63, 3.8) is 0 Å². The highest BCUT2D eigenvalue weighted by atomic mass is 35.5. The van der Waals surface area contributed by atoms with Crippen LogP contribution in [0.1, 0.15) is 12.0 Å². The molecule has 0 saturated heterocycles. The second-order valence-corrected chi connectivity index (χ2v) is 5.11. The van der Waals surface area contributed by atoms with Crippen LogP contribution in [0, 0.1) is 5.92 Å². The number of ether oxygens (including phenoxy) is 2. The predicted octanol–water partition coefficient (Wildman–Crippen LogP) is 2.77. The van der Waals surface area contributed by atoms with E-state index in [1.54, 1.807) is 14.2 Å². The fourth-order valence-corrected chi connectivity index (χ4v) is 2.25. The lowest BCUT2D eigenvalue weighted by Gasteiger charge is -2.17. The Labute approximate surface area is 121 Å². The molecule has 1 rings (SSSR count). The molecule has 0 aromatic heterocycles. The monoisotopic (exact) mass is 285 g/mol. The average Bonchev–Trinajstić information content (AvgIpc) is 2.40. The first-order valence-electron chi connectivity index (χ1n) is 6.69. The van der Waals surface area contributed by atoms with E-state index >= 15 is 0 Å². The quantitative estimate of drug-likeness (QED) is 0.671. The Morgan fingerprint density at radius 1 is 1.21 bits per heavy atom. The molecule has 1 atom stereocenters. The number of rotatable bonds is 10. The third kappa shape index (κ3) is 7.53. The molecule has 0 fully saturated rings. The van der Waals surface area contributed by atoms with Crippen LogP contribution in [-0.2, 0) is 15.9 Å². The molecule has 0 radical (unpaired) electrons. The molecule has 1 aromatic rings. The Bertz CT molecular complexity index is 347. The van der Waals surface area contributed by atoms with Gasteiger partial charge in [0.1, 0.15) is 0 Å². The van der Waals surface area contributed by atoms with E-state index in [1.807, 2.05) is 18.2 Å². The Morgan fingerprint density at radius 3 is 2.68 bits per heavy atom. The fourth-order valence-electron chi connectivity index (χ4n) is 2.04. The third-order valence-electron chi connectivity index (χ3n) is 3.06. The van der Waals surface area contributed by atoms with Crippen LogP contribution in [0.3, 0.4) is 0 Å². The summed E-state index contributed by atoms with van der Waals surface area (Å²) in [7, 11) is 3.46. The van der Waals surface area contributed by atoms with Gasteiger partial charge in [-0.3, -0.25) is 0 Å². The van der Waals surface area contributed by atoms with Gasteiger partial charge >= 0.3 is 0 Å². The van der Waals surface area contributed by atoms with Crippen molar-refractivity contribution in [3.8, 4) is 0 Å². The highest BCUT2D eigenvalue weighted by Gasteiger charge is 2.09. The Hall–Kier alpha value is -0.610. The van der Waals surface area contributed by atoms with Gasteiger partial charge in [0.25, 0.3) is 0 Å². The standard InChI is InChI=1S/C15H24ClNO2/c1-18-8-6-14(12-17-7-9-19-2)10-13-4-3-5-15(16)11-13/h3-5,11,14,17H,6-10,12H2,1-2H3. The van der Waals surface area contributed by atoms with E-state index in [0.29, 0.717) is 5.92 Å². The SMILES string of the molecule is COCCNCC(CCOC)Cc1cccc(Cl)c1. The molecule has 0 aliphatic carbocycles. The van der Waals surface area contributed by atoms with Crippen LogP contribution in [0.15, 0.2) is 24.3 Å². The van der Waals surface area contributed by atoms with Gasteiger partial charge in [-0.1, -0.05) is 23.7 Å². The van der Waals surface area contributed by atoms with Gasteiger partial charge in [-0.2, -0.15) is 0 Å². The summed E-state index contributed by atoms with van der Waals surface area (Å²) < 4.78 is 10.2. The maximum Gasteiger partial charge on any atom is 0.0587 e. The maximum atomic E-state index is 6.02. The zero-order valence-corrected chi connectivity index (χ0v) is 12.6. The van der Waals surface area contributed by atoms with Gasteiger partial charge in [0.05, 0.1) is 6.61 Å². The van der Waals surface area contributed by atoms with Gasteiger partial charge in [-0.15, -0.1) is 0 Å². The molecule has 0 aliphatic rings. The minimum absolute atomic E-state index is 0.551. The van der Waals surface area contributed by atoms with E-state index in [2.05, 4.69) is 11.4 Å². The van der Waals surface area contributed by atoms with Gasteiger partial charge < -0.3 is 14.8 Å². The van der Waals surface area contributed by atoms with Crippen molar-refractivity contribution >= 4 is 11.6 Å². The van der Waals surface area contributed by atoms with E-state index < -0.39 is 0 Å². The summed E-state index contributed by atoms with van der Waals surface area (Å²) in [6.45, 7) is 3.39.